The lowest BCUT2D eigenvalue weighted by Gasteiger charge is -2.17. The zero-order chi connectivity index (χ0) is 14.1. The van der Waals surface area contributed by atoms with Crippen LogP contribution in [-0.4, -0.2) is 36.1 Å². The summed E-state index contributed by atoms with van der Waals surface area (Å²) in [5, 5.41) is 9.76. The Balaban J connectivity index is 1.58. The topological polar surface area (TPSA) is 55.8 Å². The lowest BCUT2D eigenvalue weighted by molar-refractivity contribution is -0.146. The summed E-state index contributed by atoms with van der Waals surface area (Å²) in [6, 6.07) is 9.61. The van der Waals surface area contributed by atoms with Crippen molar-refractivity contribution in [2.75, 3.05) is 6.61 Å². The van der Waals surface area contributed by atoms with Gasteiger partial charge in [0, 0.05) is 11.8 Å². The molecule has 1 heterocycles. The molecule has 20 heavy (non-hydrogen) atoms. The molecule has 3 rings (SSSR count). The first kappa shape index (κ1) is 13.5. The van der Waals surface area contributed by atoms with Crippen LogP contribution in [0, 0.1) is 11.8 Å². The maximum atomic E-state index is 14.0. The molecule has 0 spiro atoms. The van der Waals surface area contributed by atoms with Crippen molar-refractivity contribution in [3.8, 4) is 0 Å². The van der Waals surface area contributed by atoms with E-state index in [1.807, 2.05) is 30.3 Å². The van der Waals surface area contributed by atoms with Gasteiger partial charge in [-0.25, -0.2) is 4.39 Å². The van der Waals surface area contributed by atoms with Gasteiger partial charge in [0.1, 0.15) is 18.4 Å². The minimum absolute atomic E-state index is 0.168. The number of benzene rings is 1. The first-order chi connectivity index (χ1) is 9.66. The van der Waals surface area contributed by atoms with Crippen molar-refractivity contribution in [1.29, 1.82) is 0 Å². The van der Waals surface area contributed by atoms with Gasteiger partial charge in [-0.15, -0.1) is 0 Å². The van der Waals surface area contributed by atoms with Crippen LogP contribution in [0.15, 0.2) is 30.3 Å². The number of rotatable bonds is 4. The molecule has 5 heteroatoms. The number of ether oxygens (including phenoxy) is 2. The summed E-state index contributed by atoms with van der Waals surface area (Å²) in [4.78, 5) is 11.3. The lowest BCUT2D eigenvalue weighted by Crippen LogP contribution is -2.30. The number of aliphatic hydroxyl groups is 1. The first-order valence-electron chi connectivity index (χ1n) is 6.80. The van der Waals surface area contributed by atoms with Crippen LogP contribution in [0.2, 0.25) is 0 Å². The molecule has 108 valence electrons. The van der Waals surface area contributed by atoms with Crippen molar-refractivity contribution in [3.63, 3.8) is 0 Å². The molecule has 1 aliphatic heterocycles. The minimum Gasteiger partial charge on any atom is -0.459 e. The fraction of sp³-hybridized carbons (Fsp3) is 0.533. The summed E-state index contributed by atoms with van der Waals surface area (Å²) < 4.78 is 24.6. The molecule has 0 aromatic heterocycles. The Morgan fingerprint density at radius 1 is 1.35 bits per heavy atom. The average molecular weight is 280 g/mol. The summed E-state index contributed by atoms with van der Waals surface area (Å²) in [6.07, 6.45) is -3.16. The SMILES string of the molecule is O=C1C[C@@H]2[C@@H](COCc3ccccc3)[C@@H](F)[C@@H](O)[C@@H]2O1. The van der Waals surface area contributed by atoms with Gasteiger partial charge < -0.3 is 14.6 Å². The second-order valence-electron chi connectivity index (χ2n) is 5.42. The number of hydrogen-bond acceptors (Lipinski definition) is 4. The van der Waals surface area contributed by atoms with Crippen molar-refractivity contribution >= 4 is 5.97 Å². The van der Waals surface area contributed by atoms with E-state index < -0.39 is 24.3 Å². The molecule has 2 fully saturated rings. The lowest BCUT2D eigenvalue weighted by atomic mass is 9.93. The van der Waals surface area contributed by atoms with E-state index in [4.69, 9.17) is 9.47 Å². The van der Waals surface area contributed by atoms with Crippen molar-refractivity contribution in [1.82, 2.24) is 0 Å². The smallest absolute Gasteiger partial charge is 0.306 e. The Bertz CT molecular complexity index is 478. The van der Waals surface area contributed by atoms with Gasteiger partial charge in [-0.2, -0.15) is 0 Å². The van der Waals surface area contributed by atoms with Gasteiger partial charge in [-0.1, -0.05) is 30.3 Å². The number of hydrogen-bond donors (Lipinski definition) is 1. The standard InChI is InChI=1S/C15H17FO4/c16-13-11(8-19-7-9-4-2-1-3-5-9)10-6-12(17)20-15(10)14(13)18/h1-5,10-11,13-15,18H,6-8H2/t10-,11-,13-,14-,15-/m1/s1. The molecule has 0 unspecified atom stereocenters. The highest BCUT2D eigenvalue weighted by Crippen LogP contribution is 2.43. The fourth-order valence-electron chi connectivity index (χ4n) is 3.09. The van der Waals surface area contributed by atoms with E-state index in [0.717, 1.165) is 5.56 Å². The van der Waals surface area contributed by atoms with Gasteiger partial charge in [-0.3, -0.25) is 4.79 Å². The predicted molar refractivity (Wildman–Crippen MR) is 68.5 cm³/mol. The minimum atomic E-state index is -1.39. The van der Waals surface area contributed by atoms with E-state index in [1.165, 1.54) is 0 Å². The van der Waals surface area contributed by atoms with Crippen LogP contribution >= 0.6 is 0 Å². The molecular weight excluding hydrogens is 263 g/mol. The highest BCUT2D eigenvalue weighted by atomic mass is 19.1. The normalized spacial score (nSPS) is 35.9. The Labute approximate surface area is 116 Å². The Hall–Kier alpha value is -1.46. The molecule has 0 radical (unpaired) electrons. The summed E-state index contributed by atoms with van der Waals surface area (Å²) in [5.74, 6) is -1.12. The van der Waals surface area contributed by atoms with Crippen molar-refractivity contribution < 1.29 is 23.8 Å². The van der Waals surface area contributed by atoms with E-state index in [-0.39, 0.29) is 24.9 Å². The van der Waals surface area contributed by atoms with Crippen LogP contribution < -0.4 is 0 Å². The van der Waals surface area contributed by atoms with Gasteiger partial charge in [0.05, 0.1) is 19.6 Å². The van der Waals surface area contributed by atoms with E-state index in [9.17, 15) is 14.3 Å². The van der Waals surface area contributed by atoms with E-state index in [1.54, 1.807) is 0 Å². The number of halogens is 1. The fourth-order valence-corrected chi connectivity index (χ4v) is 3.09. The van der Waals surface area contributed by atoms with Crippen molar-refractivity contribution in [3.05, 3.63) is 35.9 Å². The third-order valence-electron chi connectivity index (χ3n) is 4.14. The number of fused-ring (bicyclic) bond motifs is 1. The van der Waals surface area contributed by atoms with Crippen molar-refractivity contribution in [2.24, 2.45) is 11.8 Å². The summed E-state index contributed by atoms with van der Waals surface area (Å²) in [6.45, 7) is 0.581. The summed E-state index contributed by atoms with van der Waals surface area (Å²) in [7, 11) is 0. The molecule has 1 aromatic carbocycles. The zero-order valence-electron chi connectivity index (χ0n) is 10.9. The number of aliphatic hydroxyl groups excluding tert-OH is 1. The number of esters is 1. The van der Waals surface area contributed by atoms with E-state index in [0.29, 0.717) is 6.61 Å². The maximum Gasteiger partial charge on any atom is 0.306 e. The van der Waals surface area contributed by atoms with Gasteiger partial charge in [0.15, 0.2) is 0 Å². The van der Waals surface area contributed by atoms with Crippen LogP contribution in [-0.2, 0) is 20.9 Å². The number of carbonyl (C=O) groups is 1. The zero-order valence-corrected chi connectivity index (χ0v) is 10.9. The van der Waals surface area contributed by atoms with E-state index >= 15 is 0 Å². The molecule has 1 saturated heterocycles. The molecule has 2 aliphatic rings. The Morgan fingerprint density at radius 3 is 2.85 bits per heavy atom. The van der Waals surface area contributed by atoms with Crippen LogP contribution in [0.25, 0.3) is 0 Å². The second-order valence-corrected chi connectivity index (χ2v) is 5.42. The molecule has 0 amide bonds. The largest absolute Gasteiger partial charge is 0.459 e. The molecule has 0 bridgehead atoms. The molecule has 1 saturated carbocycles. The predicted octanol–water partition coefficient (Wildman–Crippen LogP) is 1.46. The first-order valence-corrected chi connectivity index (χ1v) is 6.80. The Kier molecular flexibility index (Phi) is 3.72. The highest BCUT2D eigenvalue weighted by Gasteiger charge is 2.56. The van der Waals surface area contributed by atoms with Crippen LogP contribution in [0.1, 0.15) is 12.0 Å². The molecule has 1 N–H and O–H groups in total. The third-order valence-corrected chi connectivity index (χ3v) is 4.14. The van der Waals surface area contributed by atoms with E-state index in [2.05, 4.69) is 0 Å². The number of alkyl halides is 1. The Morgan fingerprint density at radius 2 is 2.10 bits per heavy atom. The third kappa shape index (κ3) is 2.43. The summed E-state index contributed by atoms with van der Waals surface area (Å²) in [5.41, 5.74) is 1.01. The van der Waals surface area contributed by atoms with Gasteiger partial charge >= 0.3 is 5.97 Å². The van der Waals surface area contributed by atoms with Crippen molar-refractivity contribution in [2.45, 2.75) is 31.4 Å². The molecule has 1 aromatic rings. The highest BCUT2D eigenvalue weighted by molar-refractivity contribution is 5.72. The molecular formula is C15H17FO4. The van der Waals surface area contributed by atoms with Gasteiger partial charge in [-0.05, 0) is 5.56 Å². The monoisotopic (exact) mass is 280 g/mol. The molecule has 4 nitrogen and oxygen atoms in total. The number of carbonyl (C=O) groups excluding carboxylic acids is 1. The summed E-state index contributed by atoms with van der Waals surface area (Å²) >= 11 is 0. The second kappa shape index (κ2) is 5.50. The van der Waals surface area contributed by atoms with Gasteiger partial charge in [0.2, 0.25) is 0 Å². The van der Waals surface area contributed by atoms with Crippen LogP contribution in [0.5, 0.6) is 0 Å². The maximum absolute atomic E-state index is 14.0. The molecule has 5 atom stereocenters. The van der Waals surface area contributed by atoms with Crippen LogP contribution in [0.3, 0.4) is 0 Å². The van der Waals surface area contributed by atoms with Gasteiger partial charge in [0.25, 0.3) is 0 Å². The molecule has 1 aliphatic carbocycles. The average Bonchev–Trinajstić information content (AvgIpc) is 2.93. The van der Waals surface area contributed by atoms with Crippen LogP contribution in [0.4, 0.5) is 4.39 Å². The quantitative estimate of drug-likeness (QED) is 0.848.